The quantitative estimate of drug-likeness (QED) is 0.0796. The van der Waals surface area contributed by atoms with Crippen molar-refractivity contribution in [2.75, 3.05) is 0 Å². The van der Waals surface area contributed by atoms with Crippen LogP contribution in [0.4, 0.5) is 0 Å². The van der Waals surface area contributed by atoms with Gasteiger partial charge in [0.05, 0.1) is 6.26 Å². The number of pyridine rings is 1. The van der Waals surface area contributed by atoms with Crippen molar-refractivity contribution in [3.8, 4) is 22.4 Å². The number of fused-ring (bicyclic) bond motifs is 3. The van der Waals surface area contributed by atoms with E-state index in [0.29, 0.717) is 11.6 Å². The van der Waals surface area contributed by atoms with Gasteiger partial charge in [-0.05, 0) is 79.2 Å². The van der Waals surface area contributed by atoms with Crippen molar-refractivity contribution in [2.24, 2.45) is 16.7 Å². The number of ketones is 1. The zero-order chi connectivity index (χ0) is 39.6. The third kappa shape index (κ3) is 9.19. The zero-order valence-corrected chi connectivity index (χ0v) is 37.4. The third-order valence-electron chi connectivity index (χ3n) is 11.7. The number of aliphatic hydroxyl groups is 1. The van der Waals surface area contributed by atoms with Crippen LogP contribution in [0.1, 0.15) is 119 Å². The standard InChI is InChI=1S/C34H32NO2.C15H28O2.Ir/c1-20(2)15-23-11-12-26(27-13-14-36-32(23)27)28-19-31(35-33-29(28)16-21(3)37-33)24-17-22-9-7-8-10-25(22)30(18-24)34(4,5)6;1-7-14(5,8-2)12(16)11-13(17)15(6,9-3)10-4;/h7-14,16,18-20H,15H2,1-6H3;11,16H,7-10H2,1-6H3;/q-1;;/b;12-11-;. The number of benzene rings is 3. The van der Waals surface area contributed by atoms with Crippen molar-refractivity contribution < 1.29 is 38.8 Å². The molecule has 5 nitrogen and oxygen atoms in total. The van der Waals surface area contributed by atoms with Crippen molar-refractivity contribution in [3.05, 3.63) is 102 Å². The van der Waals surface area contributed by atoms with Crippen molar-refractivity contribution in [1.82, 2.24) is 4.98 Å². The molecule has 1 N–H and O–H groups in total. The molecule has 3 aromatic heterocycles. The van der Waals surface area contributed by atoms with Crippen LogP contribution in [0.25, 0.3) is 55.2 Å². The molecule has 0 amide bonds. The van der Waals surface area contributed by atoms with Gasteiger partial charge in [-0.15, -0.1) is 29.1 Å². The predicted octanol–water partition coefficient (Wildman–Crippen LogP) is 14.3. The van der Waals surface area contributed by atoms with E-state index in [2.05, 4.69) is 101 Å². The number of carbonyl (C=O) groups is 1. The third-order valence-corrected chi connectivity index (χ3v) is 11.7. The van der Waals surface area contributed by atoms with E-state index in [4.69, 9.17) is 13.8 Å². The SMILES string of the molecule is CCC(C)(CC)C(=O)/C=C(\O)C(C)(CC)CC.Cc1cc2c(-c3ccc(CC(C)C)c4occc34)cc(-c3[c-]c4ccccc4c(C(C)(C)C)c3)nc2o1.[Ir]. The van der Waals surface area contributed by atoms with E-state index in [9.17, 15) is 9.90 Å². The van der Waals surface area contributed by atoms with E-state index in [-0.39, 0.29) is 47.9 Å². The van der Waals surface area contributed by atoms with Crippen LogP contribution < -0.4 is 0 Å². The normalized spacial score (nSPS) is 12.6. The number of carbonyl (C=O) groups excluding carboxylic acids is 1. The second-order valence-corrected chi connectivity index (χ2v) is 17.0. The molecule has 0 fully saturated rings. The zero-order valence-electron chi connectivity index (χ0n) is 35.0. The van der Waals surface area contributed by atoms with Crippen LogP contribution in [0, 0.1) is 29.7 Å². The van der Waals surface area contributed by atoms with Crippen LogP contribution in [0.5, 0.6) is 0 Å². The fourth-order valence-corrected chi connectivity index (χ4v) is 7.12. The Morgan fingerprint density at radius 2 is 1.49 bits per heavy atom. The molecule has 295 valence electrons. The molecule has 55 heavy (non-hydrogen) atoms. The topological polar surface area (TPSA) is 76.5 Å². The summed E-state index contributed by atoms with van der Waals surface area (Å²) in [5.41, 5.74) is 7.56. The molecule has 3 heterocycles. The molecule has 0 aliphatic heterocycles. The minimum atomic E-state index is -0.337. The van der Waals surface area contributed by atoms with Gasteiger partial charge in [-0.1, -0.05) is 124 Å². The van der Waals surface area contributed by atoms with Crippen LogP contribution >= 0.6 is 0 Å². The summed E-state index contributed by atoms with van der Waals surface area (Å²) in [6, 6.07) is 25.2. The van der Waals surface area contributed by atoms with Crippen LogP contribution in [0.3, 0.4) is 0 Å². The van der Waals surface area contributed by atoms with Crippen molar-refractivity contribution in [3.63, 3.8) is 0 Å². The fourth-order valence-electron chi connectivity index (χ4n) is 7.12. The molecule has 0 unspecified atom stereocenters. The molecule has 0 saturated carbocycles. The second-order valence-electron chi connectivity index (χ2n) is 17.0. The summed E-state index contributed by atoms with van der Waals surface area (Å²) >= 11 is 0. The van der Waals surface area contributed by atoms with Gasteiger partial charge in [-0.3, -0.25) is 9.78 Å². The van der Waals surface area contributed by atoms with Crippen molar-refractivity contribution >= 4 is 38.6 Å². The molecular formula is C49H60IrNO4-. The number of allylic oxidation sites excluding steroid dienone is 2. The number of aromatic nitrogens is 1. The Bertz CT molecular complexity index is 2290. The number of hydrogen-bond acceptors (Lipinski definition) is 5. The fraction of sp³-hybridized carbons (Fsp3) is 0.429. The Labute approximate surface area is 342 Å². The molecule has 6 aromatic rings. The van der Waals surface area contributed by atoms with Gasteiger partial charge >= 0.3 is 0 Å². The average Bonchev–Trinajstić information content (AvgIpc) is 3.80. The van der Waals surface area contributed by atoms with Crippen molar-refractivity contribution in [1.29, 1.82) is 0 Å². The molecular weight excluding hydrogens is 859 g/mol. The van der Waals surface area contributed by atoms with E-state index in [1.54, 1.807) is 6.26 Å². The van der Waals surface area contributed by atoms with Gasteiger partial charge in [0.1, 0.15) is 17.1 Å². The Kier molecular flexibility index (Phi) is 13.9. The first kappa shape index (κ1) is 43.7. The minimum absolute atomic E-state index is 0. The van der Waals surface area contributed by atoms with Crippen molar-refractivity contribution in [2.45, 2.75) is 121 Å². The molecule has 3 aromatic carbocycles. The van der Waals surface area contributed by atoms with E-state index in [1.807, 2.05) is 48.5 Å². The molecule has 0 saturated heterocycles. The summed E-state index contributed by atoms with van der Waals surface area (Å²) in [5, 5.41) is 14.6. The van der Waals surface area contributed by atoms with Gasteiger partial charge in [-0.25, -0.2) is 0 Å². The van der Waals surface area contributed by atoms with Gasteiger partial charge in [-0.2, -0.15) is 0 Å². The monoisotopic (exact) mass is 919 g/mol. The Balaban J connectivity index is 0.000000320. The predicted molar refractivity (Wildman–Crippen MR) is 226 cm³/mol. The number of rotatable bonds is 11. The number of nitrogens with zero attached hydrogens (tertiary/aromatic N) is 1. The Morgan fingerprint density at radius 3 is 2.11 bits per heavy atom. The van der Waals surface area contributed by atoms with E-state index in [1.165, 1.54) is 22.6 Å². The molecule has 0 bridgehead atoms. The molecule has 6 heteroatoms. The smallest absolute Gasteiger partial charge is 0.219 e. The first-order valence-electron chi connectivity index (χ1n) is 19.8. The summed E-state index contributed by atoms with van der Waals surface area (Å²) in [7, 11) is 0. The minimum Gasteiger partial charge on any atom is -0.512 e. The van der Waals surface area contributed by atoms with Crippen LogP contribution in [0.15, 0.2) is 87.6 Å². The van der Waals surface area contributed by atoms with Crippen LogP contribution in [-0.4, -0.2) is 15.9 Å². The maximum Gasteiger partial charge on any atom is 0.219 e. The number of aryl methyl sites for hydroxylation is 1. The maximum absolute atomic E-state index is 12.2. The first-order chi connectivity index (χ1) is 25.5. The molecule has 0 atom stereocenters. The summed E-state index contributed by atoms with van der Waals surface area (Å²) < 4.78 is 12.1. The number of furan rings is 2. The molecule has 1 radical (unpaired) electrons. The van der Waals surface area contributed by atoms with Gasteiger partial charge < -0.3 is 13.9 Å². The molecule has 0 spiro atoms. The first-order valence-corrected chi connectivity index (χ1v) is 19.8. The number of aliphatic hydroxyl groups excluding tert-OH is 1. The Morgan fingerprint density at radius 1 is 0.836 bits per heavy atom. The van der Waals surface area contributed by atoms with Gasteiger partial charge in [0.15, 0.2) is 5.78 Å². The summed E-state index contributed by atoms with van der Waals surface area (Å²) in [5.74, 6) is 1.68. The molecule has 0 aliphatic rings. The summed E-state index contributed by atoms with van der Waals surface area (Å²) in [6.07, 6.45) is 7.53. The number of hydrogen-bond donors (Lipinski definition) is 1. The second kappa shape index (κ2) is 17.4. The largest absolute Gasteiger partial charge is 0.512 e. The van der Waals surface area contributed by atoms with E-state index in [0.717, 1.165) is 82.0 Å². The summed E-state index contributed by atoms with van der Waals surface area (Å²) in [4.78, 5) is 17.2. The maximum atomic E-state index is 12.2. The average molecular weight is 919 g/mol. The molecule has 6 rings (SSSR count). The van der Waals surface area contributed by atoms with E-state index >= 15 is 0 Å². The van der Waals surface area contributed by atoms with Gasteiger partial charge in [0, 0.05) is 53.5 Å². The van der Waals surface area contributed by atoms with Gasteiger partial charge in [0.2, 0.25) is 5.71 Å². The van der Waals surface area contributed by atoms with E-state index < -0.39 is 0 Å². The van der Waals surface area contributed by atoms with Crippen LogP contribution in [0.2, 0.25) is 0 Å². The van der Waals surface area contributed by atoms with Gasteiger partial charge in [0.25, 0.3) is 0 Å². The molecule has 0 aliphatic carbocycles. The summed E-state index contributed by atoms with van der Waals surface area (Å²) in [6.45, 7) is 25.3. The Hall–Kier alpha value is -3.99. The van der Waals surface area contributed by atoms with Crippen LogP contribution in [-0.2, 0) is 36.7 Å².